The summed E-state index contributed by atoms with van der Waals surface area (Å²) in [6, 6.07) is 16.5. The van der Waals surface area contributed by atoms with Crippen LogP contribution in [0.15, 0.2) is 54.6 Å². The molecule has 7 nitrogen and oxygen atoms in total. The van der Waals surface area contributed by atoms with Crippen molar-refractivity contribution in [1.82, 2.24) is 16.2 Å². The van der Waals surface area contributed by atoms with Gasteiger partial charge in [-0.15, -0.1) is 0 Å². The van der Waals surface area contributed by atoms with Gasteiger partial charge in [0, 0.05) is 6.42 Å². The van der Waals surface area contributed by atoms with Crippen molar-refractivity contribution in [2.45, 2.75) is 12.8 Å². The summed E-state index contributed by atoms with van der Waals surface area (Å²) in [6.07, 6.45) is 0.901. The number of carbonyl (C=O) groups is 2. The molecule has 0 aliphatic carbocycles. The summed E-state index contributed by atoms with van der Waals surface area (Å²) in [7, 11) is 1.57. The van der Waals surface area contributed by atoms with E-state index in [2.05, 4.69) is 16.2 Å². The van der Waals surface area contributed by atoms with Crippen LogP contribution in [0.3, 0.4) is 0 Å². The molecule has 27 heavy (non-hydrogen) atoms. The molecule has 8 heteroatoms. The first-order chi connectivity index (χ1) is 13.1. The Morgan fingerprint density at radius 2 is 1.59 bits per heavy atom. The van der Waals surface area contributed by atoms with E-state index >= 15 is 0 Å². The number of hydrogen-bond acceptors (Lipinski definition) is 5. The lowest BCUT2D eigenvalue weighted by Crippen LogP contribution is -2.49. The third-order valence-electron chi connectivity index (χ3n) is 3.48. The monoisotopic (exact) mass is 387 g/mol. The van der Waals surface area contributed by atoms with Crippen LogP contribution in [0, 0.1) is 0 Å². The summed E-state index contributed by atoms with van der Waals surface area (Å²) < 4.78 is 10.4. The van der Waals surface area contributed by atoms with Gasteiger partial charge >= 0.3 is 0 Å². The van der Waals surface area contributed by atoms with E-state index in [9.17, 15) is 9.59 Å². The first-order valence-electron chi connectivity index (χ1n) is 8.26. The van der Waals surface area contributed by atoms with E-state index in [0.29, 0.717) is 24.3 Å². The highest BCUT2D eigenvalue weighted by atomic mass is 32.1. The summed E-state index contributed by atoms with van der Waals surface area (Å²) in [5.41, 5.74) is 5.89. The minimum Gasteiger partial charge on any atom is -0.497 e. The zero-order valence-corrected chi connectivity index (χ0v) is 15.7. The topological polar surface area (TPSA) is 88.7 Å². The van der Waals surface area contributed by atoms with Crippen molar-refractivity contribution in [1.29, 1.82) is 0 Å². The van der Waals surface area contributed by atoms with Crippen molar-refractivity contribution in [3.05, 3.63) is 60.2 Å². The van der Waals surface area contributed by atoms with Crippen LogP contribution in [0.25, 0.3) is 0 Å². The number of thiocarbonyl (C=S) groups is 1. The number of ether oxygens (including phenoxy) is 2. The van der Waals surface area contributed by atoms with Gasteiger partial charge in [0.15, 0.2) is 11.7 Å². The number of rotatable bonds is 7. The van der Waals surface area contributed by atoms with Crippen LogP contribution in [-0.4, -0.2) is 30.6 Å². The summed E-state index contributed by atoms with van der Waals surface area (Å²) in [4.78, 5) is 23.6. The Kier molecular flexibility index (Phi) is 8.05. The molecule has 0 aromatic heterocycles. The van der Waals surface area contributed by atoms with Crippen molar-refractivity contribution in [2.24, 2.45) is 0 Å². The maximum atomic E-state index is 11.8. The lowest BCUT2D eigenvalue weighted by atomic mass is 10.1. The Labute approximate surface area is 163 Å². The second-order valence-corrected chi connectivity index (χ2v) is 5.91. The Bertz CT molecular complexity index is 766. The number of aryl methyl sites for hydroxylation is 1. The summed E-state index contributed by atoms with van der Waals surface area (Å²) in [5.74, 6) is 0.552. The van der Waals surface area contributed by atoms with Gasteiger partial charge in [0.2, 0.25) is 5.91 Å². The number of hydrazine groups is 1. The molecule has 2 rings (SSSR count). The van der Waals surface area contributed by atoms with Crippen molar-refractivity contribution < 1.29 is 19.1 Å². The minimum absolute atomic E-state index is 0.0193. The Morgan fingerprint density at radius 1 is 0.926 bits per heavy atom. The molecular weight excluding hydrogens is 366 g/mol. The van der Waals surface area contributed by atoms with Crippen molar-refractivity contribution in [3.63, 3.8) is 0 Å². The largest absolute Gasteiger partial charge is 0.497 e. The summed E-state index contributed by atoms with van der Waals surface area (Å²) >= 11 is 4.97. The molecule has 0 saturated heterocycles. The van der Waals surface area contributed by atoms with E-state index in [1.165, 1.54) is 0 Å². The van der Waals surface area contributed by atoms with Crippen LogP contribution in [0.5, 0.6) is 11.5 Å². The molecule has 0 atom stereocenters. The Balaban J connectivity index is 1.62. The fraction of sp³-hybridized carbons (Fsp3) is 0.211. The number of carbonyl (C=O) groups excluding carboxylic acids is 2. The molecule has 0 spiro atoms. The van der Waals surface area contributed by atoms with Gasteiger partial charge in [0.1, 0.15) is 11.5 Å². The lowest BCUT2D eigenvalue weighted by Gasteiger charge is -2.11. The number of nitrogens with one attached hydrogen (secondary N) is 3. The molecule has 0 heterocycles. The van der Waals surface area contributed by atoms with Crippen LogP contribution in [0.4, 0.5) is 0 Å². The fourth-order valence-electron chi connectivity index (χ4n) is 2.11. The number of amides is 2. The van der Waals surface area contributed by atoms with Crippen LogP contribution in [0.2, 0.25) is 0 Å². The standard InChI is InChI=1S/C19H21N3O4S/c1-25-15-8-10-16(11-9-15)26-13-18(24)21-22-19(27)20-17(23)12-7-14-5-3-2-4-6-14/h2-6,8-11H,7,12-13H2,1H3,(H,21,24)(H2,20,22,23,27). The first-order valence-corrected chi connectivity index (χ1v) is 8.67. The third kappa shape index (κ3) is 7.74. The van der Waals surface area contributed by atoms with Crippen molar-refractivity contribution >= 4 is 29.1 Å². The summed E-state index contributed by atoms with van der Waals surface area (Å²) in [6.45, 7) is -0.204. The molecule has 2 aromatic carbocycles. The van der Waals surface area contributed by atoms with Gasteiger partial charge in [0.05, 0.1) is 7.11 Å². The summed E-state index contributed by atoms with van der Waals surface area (Å²) in [5, 5.41) is 2.52. The van der Waals surface area contributed by atoms with Gasteiger partial charge in [-0.25, -0.2) is 0 Å². The van der Waals surface area contributed by atoms with Crippen molar-refractivity contribution in [3.8, 4) is 11.5 Å². The van der Waals surface area contributed by atoms with E-state index in [4.69, 9.17) is 21.7 Å². The maximum Gasteiger partial charge on any atom is 0.276 e. The highest BCUT2D eigenvalue weighted by Crippen LogP contribution is 2.16. The van der Waals surface area contributed by atoms with Gasteiger partial charge < -0.3 is 14.8 Å². The molecule has 0 aliphatic rings. The molecule has 0 saturated carbocycles. The smallest absolute Gasteiger partial charge is 0.276 e. The molecule has 0 fully saturated rings. The fourth-order valence-corrected chi connectivity index (χ4v) is 2.27. The van der Waals surface area contributed by atoms with E-state index in [1.807, 2.05) is 30.3 Å². The zero-order chi connectivity index (χ0) is 19.5. The number of benzene rings is 2. The quantitative estimate of drug-likeness (QED) is 0.495. The number of methoxy groups -OCH3 is 1. The molecular formula is C19H21N3O4S. The van der Waals surface area contributed by atoms with E-state index in [0.717, 1.165) is 5.56 Å². The molecule has 0 radical (unpaired) electrons. The van der Waals surface area contributed by atoms with Gasteiger partial charge in [-0.05, 0) is 48.5 Å². The molecule has 2 aromatic rings. The second-order valence-electron chi connectivity index (χ2n) is 5.50. The highest BCUT2D eigenvalue weighted by Gasteiger charge is 2.07. The molecule has 0 aliphatic heterocycles. The van der Waals surface area contributed by atoms with Crippen LogP contribution in [-0.2, 0) is 16.0 Å². The average molecular weight is 387 g/mol. The molecule has 3 N–H and O–H groups in total. The Hall–Kier alpha value is -3.13. The minimum atomic E-state index is -0.438. The van der Waals surface area contributed by atoms with Crippen LogP contribution >= 0.6 is 12.2 Å². The lowest BCUT2D eigenvalue weighted by molar-refractivity contribution is -0.124. The first kappa shape index (κ1) is 20.2. The molecule has 142 valence electrons. The molecule has 0 unspecified atom stereocenters. The molecule has 0 bridgehead atoms. The molecule has 2 amide bonds. The number of hydrogen-bond donors (Lipinski definition) is 3. The highest BCUT2D eigenvalue weighted by molar-refractivity contribution is 7.80. The SMILES string of the molecule is COc1ccc(OCC(=O)NNC(=S)NC(=O)CCc2ccccc2)cc1. The predicted molar refractivity (Wildman–Crippen MR) is 105 cm³/mol. The zero-order valence-electron chi connectivity index (χ0n) is 14.9. The van der Waals surface area contributed by atoms with Gasteiger partial charge in [-0.1, -0.05) is 30.3 Å². The van der Waals surface area contributed by atoms with Crippen LogP contribution in [0.1, 0.15) is 12.0 Å². The normalized spacial score (nSPS) is 9.81. The van der Waals surface area contributed by atoms with Gasteiger partial charge in [-0.2, -0.15) is 0 Å². The Morgan fingerprint density at radius 3 is 2.26 bits per heavy atom. The second kappa shape index (κ2) is 10.8. The predicted octanol–water partition coefficient (Wildman–Crippen LogP) is 1.73. The van der Waals surface area contributed by atoms with Gasteiger partial charge in [0.25, 0.3) is 5.91 Å². The van der Waals surface area contributed by atoms with E-state index in [1.54, 1.807) is 31.4 Å². The average Bonchev–Trinajstić information content (AvgIpc) is 2.70. The third-order valence-corrected chi connectivity index (χ3v) is 3.69. The maximum absolute atomic E-state index is 11.8. The van der Waals surface area contributed by atoms with E-state index < -0.39 is 5.91 Å². The van der Waals surface area contributed by atoms with Crippen molar-refractivity contribution in [2.75, 3.05) is 13.7 Å². The van der Waals surface area contributed by atoms with Crippen LogP contribution < -0.4 is 25.6 Å². The van der Waals surface area contributed by atoms with E-state index in [-0.39, 0.29) is 17.6 Å². The van der Waals surface area contributed by atoms with Gasteiger partial charge in [-0.3, -0.25) is 20.4 Å².